The third kappa shape index (κ3) is 6.96. The summed E-state index contributed by atoms with van der Waals surface area (Å²) in [7, 11) is 0. The second kappa shape index (κ2) is 10.7. The number of halogens is 3. The molecule has 11 heteroatoms. The number of hydrogen-bond acceptors (Lipinski definition) is 6. The first-order valence-electron chi connectivity index (χ1n) is 10.3. The number of carbonyl (C=O) groups is 2. The van der Waals surface area contributed by atoms with Gasteiger partial charge < -0.3 is 19.5 Å². The number of alkyl halides is 3. The lowest BCUT2D eigenvalue weighted by Gasteiger charge is -2.38. The molecule has 1 N–H and O–H groups in total. The Balaban J connectivity index is 0.000000383. The van der Waals surface area contributed by atoms with Crippen LogP contribution in [-0.4, -0.2) is 69.4 Å². The number of ether oxygens (including phenoxy) is 2. The largest absolute Gasteiger partial charge is 0.490 e. The monoisotopic (exact) mass is 467 g/mol. The molecule has 1 unspecified atom stereocenters. The summed E-state index contributed by atoms with van der Waals surface area (Å²) in [6.45, 7) is 2.61. The number of aliphatic carboxylic acids is 1. The van der Waals surface area contributed by atoms with E-state index in [1.807, 2.05) is 29.2 Å². The van der Waals surface area contributed by atoms with Gasteiger partial charge >= 0.3 is 12.1 Å². The third-order valence-corrected chi connectivity index (χ3v) is 5.50. The van der Waals surface area contributed by atoms with Crippen LogP contribution in [0.1, 0.15) is 35.3 Å². The number of piperidine rings is 1. The molecule has 1 atom stereocenters. The van der Waals surface area contributed by atoms with Crippen molar-refractivity contribution in [3.63, 3.8) is 0 Å². The van der Waals surface area contributed by atoms with Gasteiger partial charge in [0.15, 0.2) is 0 Å². The summed E-state index contributed by atoms with van der Waals surface area (Å²) in [5, 5.41) is 7.12. The zero-order valence-electron chi connectivity index (χ0n) is 17.7. The van der Waals surface area contributed by atoms with E-state index >= 15 is 0 Å². The average molecular weight is 467 g/mol. The number of likely N-dealkylation sites (tertiary alicyclic amines) is 1. The predicted octanol–water partition coefficient (Wildman–Crippen LogP) is 3.09. The SMILES string of the molecule is O=C(O)C(F)(F)F.O=C(c1ccccn1)N1CCC2(CC1)CC(OCc1ccncc1)CO2. The zero-order chi connectivity index (χ0) is 23.9. The number of hydrogen-bond donors (Lipinski definition) is 1. The number of amides is 1. The van der Waals surface area contributed by atoms with Crippen LogP contribution < -0.4 is 0 Å². The number of carboxylic acids is 1. The molecule has 1 spiro atoms. The van der Waals surface area contributed by atoms with Crippen LogP contribution in [0.5, 0.6) is 0 Å². The predicted molar refractivity (Wildman–Crippen MR) is 109 cm³/mol. The van der Waals surface area contributed by atoms with Crippen LogP contribution in [-0.2, 0) is 20.9 Å². The Hall–Kier alpha value is -3.05. The Bertz CT molecular complexity index is 920. The maximum absolute atomic E-state index is 12.5. The van der Waals surface area contributed by atoms with Gasteiger partial charge in [0.05, 0.1) is 24.9 Å². The number of aromatic nitrogens is 2. The highest BCUT2D eigenvalue weighted by Crippen LogP contribution is 2.37. The van der Waals surface area contributed by atoms with Crippen molar-refractivity contribution in [2.24, 2.45) is 0 Å². The van der Waals surface area contributed by atoms with Gasteiger partial charge in [-0.15, -0.1) is 0 Å². The van der Waals surface area contributed by atoms with Gasteiger partial charge in [0.25, 0.3) is 5.91 Å². The second-order valence-corrected chi connectivity index (χ2v) is 7.80. The van der Waals surface area contributed by atoms with Gasteiger partial charge in [0.2, 0.25) is 0 Å². The molecule has 2 aromatic rings. The van der Waals surface area contributed by atoms with E-state index in [0.717, 1.165) is 24.8 Å². The molecule has 2 aromatic heterocycles. The summed E-state index contributed by atoms with van der Waals surface area (Å²) in [5.41, 5.74) is 1.48. The van der Waals surface area contributed by atoms with E-state index in [4.69, 9.17) is 19.4 Å². The van der Waals surface area contributed by atoms with Crippen molar-refractivity contribution in [1.29, 1.82) is 0 Å². The highest BCUT2D eigenvalue weighted by Gasteiger charge is 2.44. The highest BCUT2D eigenvalue weighted by atomic mass is 19.4. The summed E-state index contributed by atoms with van der Waals surface area (Å²) < 4.78 is 43.9. The van der Waals surface area contributed by atoms with Crippen molar-refractivity contribution >= 4 is 11.9 Å². The molecule has 0 bridgehead atoms. The fraction of sp³-hybridized carbons (Fsp3) is 0.455. The minimum atomic E-state index is -5.08. The smallest absolute Gasteiger partial charge is 0.475 e. The molecule has 0 aromatic carbocycles. The van der Waals surface area contributed by atoms with Crippen LogP contribution in [0.4, 0.5) is 13.2 Å². The fourth-order valence-corrected chi connectivity index (χ4v) is 3.72. The molecule has 2 fully saturated rings. The van der Waals surface area contributed by atoms with E-state index in [-0.39, 0.29) is 17.6 Å². The van der Waals surface area contributed by atoms with Crippen molar-refractivity contribution < 1.29 is 37.3 Å². The van der Waals surface area contributed by atoms with Crippen molar-refractivity contribution in [3.05, 3.63) is 60.2 Å². The van der Waals surface area contributed by atoms with Gasteiger partial charge in [0.1, 0.15) is 5.69 Å². The average Bonchev–Trinajstić information content (AvgIpc) is 3.21. The van der Waals surface area contributed by atoms with E-state index in [1.54, 1.807) is 24.7 Å². The first-order chi connectivity index (χ1) is 15.7. The molecule has 4 rings (SSSR count). The summed E-state index contributed by atoms with van der Waals surface area (Å²) in [5.74, 6) is -2.75. The van der Waals surface area contributed by atoms with Crippen LogP contribution >= 0.6 is 0 Å². The highest BCUT2D eigenvalue weighted by molar-refractivity contribution is 5.92. The first-order valence-corrected chi connectivity index (χ1v) is 10.3. The molecule has 2 aliphatic rings. The van der Waals surface area contributed by atoms with Crippen LogP contribution in [0.2, 0.25) is 0 Å². The number of nitrogens with zero attached hydrogens (tertiary/aromatic N) is 3. The van der Waals surface area contributed by atoms with Crippen LogP contribution in [0.3, 0.4) is 0 Å². The van der Waals surface area contributed by atoms with E-state index in [1.165, 1.54) is 0 Å². The molecule has 4 heterocycles. The zero-order valence-corrected chi connectivity index (χ0v) is 17.7. The molecule has 2 saturated heterocycles. The Morgan fingerprint density at radius 1 is 1.15 bits per heavy atom. The minimum Gasteiger partial charge on any atom is -0.475 e. The molecular weight excluding hydrogens is 443 g/mol. The van der Waals surface area contributed by atoms with Gasteiger partial charge in [-0.25, -0.2) is 4.79 Å². The lowest BCUT2D eigenvalue weighted by atomic mass is 9.88. The van der Waals surface area contributed by atoms with Crippen molar-refractivity contribution in [2.75, 3.05) is 19.7 Å². The van der Waals surface area contributed by atoms with Gasteiger partial charge in [0, 0.05) is 38.1 Å². The summed E-state index contributed by atoms with van der Waals surface area (Å²) in [6.07, 6.45) is 2.83. The quantitative estimate of drug-likeness (QED) is 0.737. The topological polar surface area (TPSA) is 102 Å². The Labute approximate surface area is 188 Å². The van der Waals surface area contributed by atoms with Crippen molar-refractivity contribution in [3.8, 4) is 0 Å². The molecule has 8 nitrogen and oxygen atoms in total. The van der Waals surface area contributed by atoms with Crippen molar-refractivity contribution in [2.45, 2.75) is 43.8 Å². The summed E-state index contributed by atoms with van der Waals surface area (Å²) in [6, 6.07) is 9.36. The van der Waals surface area contributed by atoms with E-state index in [2.05, 4.69) is 9.97 Å². The molecule has 33 heavy (non-hydrogen) atoms. The molecule has 0 saturated carbocycles. The molecule has 178 valence electrons. The number of pyridine rings is 2. The lowest BCUT2D eigenvalue weighted by Crippen LogP contribution is -2.46. The maximum Gasteiger partial charge on any atom is 0.490 e. The van der Waals surface area contributed by atoms with Crippen LogP contribution in [0, 0.1) is 0 Å². The van der Waals surface area contributed by atoms with E-state index in [9.17, 15) is 18.0 Å². The molecule has 0 aliphatic carbocycles. The number of carboxylic acid groups (broad SMARTS) is 1. The van der Waals surface area contributed by atoms with Gasteiger partial charge in [-0.3, -0.25) is 14.8 Å². The summed E-state index contributed by atoms with van der Waals surface area (Å²) >= 11 is 0. The first kappa shape index (κ1) is 24.6. The van der Waals surface area contributed by atoms with Crippen LogP contribution in [0.25, 0.3) is 0 Å². The Kier molecular flexibility index (Phi) is 7.98. The molecule has 0 radical (unpaired) electrons. The third-order valence-electron chi connectivity index (χ3n) is 5.50. The number of rotatable bonds is 4. The van der Waals surface area contributed by atoms with Gasteiger partial charge in [-0.05, 0) is 42.7 Å². The Morgan fingerprint density at radius 3 is 2.39 bits per heavy atom. The lowest BCUT2D eigenvalue weighted by molar-refractivity contribution is -0.192. The minimum absolute atomic E-state index is 0.00364. The van der Waals surface area contributed by atoms with E-state index in [0.29, 0.717) is 32.0 Å². The normalized spacial score (nSPS) is 19.6. The maximum atomic E-state index is 12.5. The number of carbonyl (C=O) groups excluding carboxylic acids is 1. The second-order valence-electron chi connectivity index (χ2n) is 7.80. The molecule has 2 aliphatic heterocycles. The van der Waals surface area contributed by atoms with Crippen molar-refractivity contribution in [1.82, 2.24) is 14.9 Å². The van der Waals surface area contributed by atoms with Gasteiger partial charge in [-0.1, -0.05) is 6.07 Å². The van der Waals surface area contributed by atoms with E-state index < -0.39 is 12.1 Å². The van der Waals surface area contributed by atoms with Gasteiger partial charge in [-0.2, -0.15) is 13.2 Å². The Morgan fingerprint density at radius 2 is 1.82 bits per heavy atom. The fourth-order valence-electron chi connectivity index (χ4n) is 3.72. The summed E-state index contributed by atoms with van der Waals surface area (Å²) in [4.78, 5) is 31.5. The standard InChI is InChI=1S/C20H23N3O3.C2HF3O2/c24-19(18-3-1-2-8-22-18)23-11-6-20(7-12-23)13-17(15-26-20)25-14-16-4-9-21-10-5-16;3-2(4,5)1(6)7/h1-5,8-10,17H,6-7,11-15H2;(H,6,7). The molecule has 1 amide bonds. The molecular formula is C22H24F3N3O5. The van der Waals surface area contributed by atoms with Crippen LogP contribution in [0.15, 0.2) is 48.9 Å².